The van der Waals surface area contributed by atoms with Gasteiger partial charge in [-0.15, -0.1) is 0 Å². The summed E-state index contributed by atoms with van der Waals surface area (Å²) in [7, 11) is 6.29. The lowest BCUT2D eigenvalue weighted by Gasteiger charge is -2.41. The van der Waals surface area contributed by atoms with Crippen molar-refractivity contribution in [3.8, 4) is 5.75 Å². The lowest BCUT2D eigenvalue weighted by molar-refractivity contribution is -0.166. The molecule has 2 aromatic rings. The van der Waals surface area contributed by atoms with Crippen LogP contribution in [0.5, 0.6) is 5.75 Å². The number of benzene rings is 2. The first-order valence-corrected chi connectivity index (χ1v) is 41.0. The summed E-state index contributed by atoms with van der Waals surface area (Å²) in [6, 6.07) is 9.40. The second-order valence-electron chi connectivity index (χ2n) is 34.1. The van der Waals surface area contributed by atoms with Crippen LogP contribution in [0.2, 0.25) is 0 Å². The summed E-state index contributed by atoms with van der Waals surface area (Å²) in [5.41, 5.74) is 4.04. The number of allylic oxidation sites excluding steroid dienone is 2. The molecule has 2 unspecified atom stereocenters. The van der Waals surface area contributed by atoms with Crippen LogP contribution in [0.1, 0.15) is 228 Å². The van der Waals surface area contributed by atoms with E-state index in [0.29, 0.717) is 57.2 Å². The van der Waals surface area contributed by atoms with Gasteiger partial charge in [-0.1, -0.05) is 179 Å². The molecule has 2 saturated heterocycles. The molecule has 4 rings (SSSR count). The summed E-state index contributed by atoms with van der Waals surface area (Å²) in [5.74, 6) is -6.19. The molecule has 26 heteroatoms. The molecule has 0 aromatic heterocycles. The van der Waals surface area contributed by atoms with E-state index < -0.39 is 107 Å². The number of carbonyl (C=O) groups excluding carboxylic acids is 12. The number of likely N-dealkylation sites (tertiary alicyclic amines) is 1. The number of phenols is 1. The van der Waals surface area contributed by atoms with E-state index in [1.807, 2.05) is 120 Å². The number of ether oxygens (including phenoxy) is 2. The summed E-state index contributed by atoms with van der Waals surface area (Å²) < 4.78 is 11.2. The highest BCUT2D eigenvalue weighted by Gasteiger charge is 2.46. The molecule has 0 bridgehead atoms. The van der Waals surface area contributed by atoms with E-state index in [1.165, 1.54) is 49.4 Å². The number of hydrogen-bond donors (Lipinski definition) is 6. The van der Waals surface area contributed by atoms with Gasteiger partial charge in [0.1, 0.15) is 60.2 Å². The van der Waals surface area contributed by atoms with Gasteiger partial charge in [0.05, 0.1) is 12.2 Å². The summed E-state index contributed by atoms with van der Waals surface area (Å²) in [4.78, 5) is 166. The number of esters is 2. The van der Waals surface area contributed by atoms with Crippen molar-refractivity contribution in [1.29, 1.82) is 0 Å². The number of phenolic OH excluding ortho intramolecular Hbond substituents is 1. The Labute approximate surface area is 676 Å². The van der Waals surface area contributed by atoms with E-state index in [0.717, 1.165) is 25.7 Å². The number of Topliss-reactive ketones (excluding diaryl/α,β-unsaturated/α-hetero) is 1. The molecule has 113 heavy (non-hydrogen) atoms. The number of piperidine rings is 1. The van der Waals surface area contributed by atoms with Crippen LogP contribution < -0.4 is 21.4 Å². The van der Waals surface area contributed by atoms with E-state index in [4.69, 9.17) is 9.47 Å². The maximum Gasteiger partial charge on any atom is 0.329 e. The van der Waals surface area contributed by atoms with Gasteiger partial charge in [0, 0.05) is 71.0 Å². The van der Waals surface area contributed by atoms with Gasteiger partial charge >= 0.3 is 11.9 Å². The van der Waals surface area contributed by atoms with Crippen molar-refractivity contribution in [3.05, 3.63) is 77.9 Å². The first-order valence-electron chi connectivity index (χ1n) is 41.0. The third kappa shape index (κ3) is 31.1. The molecule has 26 nitrogen and oxygen atoms in total. The molecule has 9 amide bonds. The number of aryl methyl sites for hydroxylation is 1. The molecule has 2 heterocycles. The largest absolute Gasteiger partial charge is 0.508 e. The average Bonchev–Trinajstić information content (AvgIpc) is 0.803. The summed E-state index contributed by atoms with van der Waals surface area (Å²) in [6.45, 7) is 43.3. The molecule has 2 aliphatic rings. The molecule has 0 radical (unpaired) electrons. The quantitative estimate of drug-likeness (QED) is 0.0208. The SMILES string of the molecule is C/C=C/C[C@@H](C)[C@@H](O)[C@@H](C(=O)NC(CC)C(=O)N(C)C(C)C)N(C)C(=O)[C@H](C(C)C)N(C)C(=O)[C@H](CC(C)C)N(C)C(=O)C(C)C.CC(C)OC(=O)C1CCCN(C(=O)[C@H](Cc2cccc(O)c2)NC(=O)[C@@H](NC(=O)C(C)C)C(C)C)N1.CC(C)[C@@H](CCc1ccccc1)OC(=O)[C@@H]1CCCCN1C(=O)C(=O)C(C)(C)C(C)C. The van der Waals surface area contributed by atoms with Gasteiger partial charge in [0.15, 0.2) is 0 Å². The Balaban J connectivity index is 0.000000586. The minimum Gasteiger partial charge on any atom is -0.508 e. The second-order valence-corrected chi connectivity index (χ2v) is 34.1. The number of rotatable bonds is 37. The fraction of sp³-hybridized carbons (Fsp3) is 0.701. The number of nitrogens with one attached hydrogen (secondary N) is 4. The Morgan fingerprint density at radius 3 is 1.72 bits per heavy atom. The fourth-order valence-electron chi connectivity index (χ4n) is 13.2. The maximum absolute atomic E-state index is 14.3. The van der Waals surface area contributed by atoms with Crippen LogP contribution in [0, 0.1) is 52.8 Å². The summed E-state index contributed by atoms with van der Waals surface area (Å²) in [5, 5.41) is 31.1. The zero-order valence-corrected chi connectivity index (χ0v) is 73.4. The van der Waals surface area contributed by atoms with E-state index in [1.54, 1.807) is 107 Å². The Morgan fingerprint density at radius 1 is 0.611 bits per heavy atom. The Morgan fingerprint density at radius 2 is 1.20 bits per heavy atom. The number of nitrogens with zero attached hydrogens (tertiary/aromatic N) is 6. The number of aliphatic hydroxyl groups excluding tert-OH is 1. The first kappa shape index (κ1) is 101. The molecular weight excluding hydrogens is 1440 g/mol. The Kier molecular flexibility index (Phi) is 43.0. The van der Waals surface area contributed by atoms with E-state index in [9.17, 15) is 67.7 Å². The van der Waals surface area contributed by atoms with Crippen LogP contribution in [0.4, 0.5) is 0 Å². The van der Waals surface area contributed by atoms with Crippen LogP contribution in [0.3, 0.4) is 0 Å². The van der Waals surface area contributed by atoms with E-state index in [-0.39, 0.29) is 101 Å². The standard InChI is InChI=1S/C35H65N5O6.C26H40N4O6.C26H39NO4/c1-16-18-19-25(11)30(41)29(31(42)36-26(17-2)33(44)37(12)24(9)10)40(15)35(46)28(22(5)6)39(14)34(45)27(20-21(3)4)38(13)32(43)23(7)8;1-15(2)22(28-23(32)16(3)4)24(33)27-21(14-18-9-7-10-19(31)13-18)25(34)30-12-8-11-20(29-30)26(35)36-17(5)6;1-18(2)22(16-15-20-12-8-7-9-13-20)31-25(30)21-14-10-11-17-27(21)24(29)23(28)26(5,6)19(3)4/h16,18,21-30,41H,17,19-20H2,1-15H3,(H,36,42);7,9-10,13,15-17,20-22,29,31H,8,11-12,14H2,1-6H3,(H,27,33)(H,28,32);7-9,12-13,18-19,21-22H,10-11,14-17H2,1-6H3/b18-16+;;/t25-,26?,27+,28+,29+,30-;20?,21-,22-;21-,22+/m100/s1. The molecule has 638 valence electrons. The van der Waals surface area contributed by atoms with Crippen molar-refractivity contribution in [3.63, 3.8) is 0 Å². The van der Waals surface area contributed by atoms with Crippen molar-refractivity contribution in [2.24, 2.45) is 52.8 Å². The van der Waals surface area contributed by atoms with Crippen LogP contribution in [0.25, 0.3) is 0 Å². The second kappa shape index (κ2) is 48.2. The summed E-state index contributed by atoms with van der Waals surface area (Å²) >= 11 is 0. The molecule has 2 fully saturated rings. The molecule has 0 aliphatic carbocycles. The molecule has 11 atom stereocenters. The number of ketones is 1. The number of hydrogen-bond acceptors (Lipinski definition) is 17. The van der Waals surface area contributed by atoms with Crippen LogP contribution in [-0.2, 0) is 79.8 Å². The predicted molar refractivity (Wildman–Crippen MR) is 440 cm³/mol. The molecular formula is C87H144N10O16. The monoisotopic (exact) mass is 1590 g/mol. The van der Waals surface area contributed by atoms with Gasteiger partial charge in [0.25, 0.3) is 11.8 Å². The van der Waals surface area contributed by atoms with Crippen molar-refractivity contribution in [2.45, 2.75) is 303 Å². The van der Waals surface area contributed by atoms with Crippen LogP contribution in [0.15, 0.2) is 66.7 Å². The van der Waals surface area contributed by atoms with Gasteiger partial charge < -0.3 is 60.1 Å². The van der Waals surface area contributed by atoms with Crippen molar-refractivity contribution >= 4 is 70.9 Å². The number of aliphatic hydroxyl groups is 1. The first-order chi connectivity index (χ1) is 52.6. The third-order valence-corrected chi connectivity index (χ3v) is 21.4. The number of aromatic hydroxyl groups is 1. The van der Waals surface area contributed by atoms with Crippen molar-refractivity contribution in [1.82, 2.24) is 50.9 Å². The van der Waals surface area contributed by atoms with Crippen LogP contribution in [-0.4, -0.2) is 225 Å². The van der Waals surface area contributed by atoms with E-state index in [2.05, 4.69) is 33.5 Å². The predicted octanol–water partition coefficient (Wildman–Crippen LogP) is 10.0. The van der Waals surface area contributed by atoms with Crippen molar-refractivity contribution < 1.29 is 77.2 Å². The zero-order valence-electron chi connectivity index (χ0n) is 73.4. The normalized spacial score (nSPS) is 17.0. The minimum absolute atomic E-state index is 0.0300. The number of carbonyl (C=O) groups is 12. The van der Waals surface area contributed by atoms with Crippen molar-refractivity contribution in [2.75, 3.05) is 41.3 Å². The van der Waals surface area contributed by atoms with E-state index >= 15 is 0 Å². The molecule has 6 N–H and O–H groups in total. The minimum atomic E-state index is -1.33. The van der Waals surface area contributed by atoms with Crippen LogP contribution >= 0.6 is 0 Å². The topological polar surface area (TPSA) is 331 Å². The highest BCUT2D eigenvalue weighted by molar-refractivity contribution is 6.38. The van der Waals surface area contributed by atoms with Gasteiger partial charge in [0.2, 0.25) is 47.1 Å². The van der Waals surface area contributed by atoms with Gasteiger partial charge in [-0.25, -0.2) is 10.2 Å². The Hall–Kier alpha value is -8.26. The maximum atomic E-state index is 14.3. The highest BCUT2D eigenvalue weighted by Crippen LogP contribution is 2.31. The average molecular weight is 1590 g/mol. The number of likely N-dealkylation sites (N-methyl/N-ethyl adjacent to an activating group) is 4. The number of hydrazine groups is 1. The molecule has 2 aliphatic heterocycles. The van der Waals surface area contributed by atoms with Gasteiger partial charge in [-0.2, -0.15) is 0 Å². The smallest absolute Gasteiger partial charge is 0.329 e. The van der Waals surface area contributed by atoms with Gasteiger partial charge in [-0.05, 0) is 158 Å². The summed E-state index contributed by atoms with van der Waals surface area (Å²) in [6.07, 6.45) is 8.13. The number of amides is 9. The molecule has 0 spiro atoms. The third-order valence-electron chi connectivity index (χ3n) is 21.4. The fourth-order valence-corrected chi connectivity index (χ4v) is 13.2. The lowest BCUT2D eigenvalue weighted by atomic mass is 9.76. The lowest BCUT2D eigenvalue weighted by Crippen LogP contribution is -2.63. The molecule has 2 aromatic carbocycles. The Bertz CT molecular complexity index is 3430. The highest BCUT2D eigenvalue weighted by atomic mass is 16.5. The molecule has 0 saturated carbocycles. The van der Waals surface area contributed by atoms with Gasteiger partial charge in [-0.3, -0.25) is 57.7 Å². The zero-order chi connectivity index (χ0) is 86.4.